The molecule has 4 N–H and O–H groups in total. The number of benzene rings is 2. The summed E-state index contributed by atoms with van der Waals surface area (Å²) in [6, 6.07) is 10.5. The molecule has 0 spiro atoms. The SMILES string of the molecule is CC(C)C[C@H](NC(=O)CC(NC(=O)OCc1ccccc1)C(C)C)C(=O)NC(CC=O)c1cc(Br)c(O)c(Br)c1. The number of carbonyl (C=O) groups excluding carboxylic acids is 4. The Morgan fingerprint density at radius 1 is 0.975 bits per heavy atom. The minimum absolute atomic E-state index is 0.00198. The number of rotatable bonds is 14. The first-order valence-corrected chi connectivity index (χ1v) is 14.7. The quantitative estimate of drug-likeness (QED) is 0.194. The van der Waals surface area contributed by atoms with Crippen molar-refractivity contribution in [3.05, 3.63) is 62.5 Å². The summed E-state index contributed by atoms with van der Waals surface area (Å²) in [6.07, 6.45) is 0.394. The van der Waals surface area contributed by atoms with Crippen LogP contribution in [0.25, 0.3) is 0 Å². The van der Waals surface area contributed by atoms with Crippen molar-refractivity contribution in [1.82, 2.24) is 16.0 Å². The number of phenolic OH excluding ortho intramolecular Hbond substituents is 1. The maximum atomic E-state index is 13.3. The molecule has 218 valence electrons. The molecule has 2 unspecified atom stereocenters. The van der Waals surface area contributed by atoms with E-state index in [2.05, 4.69) is 47.8 Å². The van der Waals surface area contributed by atoms with E-state index in [0.717, 1.165) is 5.56 Å². The number of ether oxygens (including phenoxy) is 1. The van der Waals surface area contributed by atoms with Crippen LogP contribution in [0.5, 0.6) is 5.75 Å². The van der Waals surface area contributed by atoms with Crippen LogP contribution in [0.3, 0.4) is 0 Å². The predicted molar refractivity (Wildman–Crippen MR) is 159 cm³/mol. The van der Waals surface area contributed by atoms with Gasteiger partial charge in [0.15, 0.2) is 0 Å². The molecule has 2 rings (SSSR count). The number of phenols is 1. The number of hydrogen-bond donors (Lipinski definition) is 4. The number of carbonyl (C=O) groups is 4. The van der Waals surface area contributed by atoms with Crippen molar-refractivity contribution >= 4 is 56.1 Å². The zero-order valence-electron chi connectivity index (χ0n) is 23.1. The van der Waals surface area contributed by atoms with Crippen molar-refractivity contribution in [1.29, 1.82) is 0 Å². The van der Waals surface area contributed by atoms with Gasteiger partial charge in [0, 0.05) is 18.9 Å². The standard InChI is InChI=1S/C29H37Br2N3O6/c1-17(2)12-25(28(38)33-23(10-11-35)20-13-21(30)27(37)22(31)14-20)32-26(36)15-24(18(3)4)34-29(39)40-16-19-8-6-5-7-9-19/h5-9,11,13-14,17-18,23-25,37H,10,12,15-16H2,1-4H3,(H,32,36)(H,33,38)(H,34,39)/t23?,24?,25-/m0/s1. The number of hydrogen-bond acceptors (Lipinski definition) is 6. The van der Waals surface area contributed by atoms with Gasteiger partial charge in [-0.3, -0.25) is 9.59 Å². The molecule has 0 aliphatic rings. The zero-order valence-corrected chi connectivity index (χ0v) is 26.3. The van der Waals surface area contributed by atoms with Crippen molar-refractivity contribution in [3.63, 3.8) is 0 Å². The monoisotopic (exact) mass is 681 g/mol. The fourth-order valence-corrected chi connectivity index (χ4v) is 5.18. The highest BCUT2D eigenvalue weighted by atomic mass is 79.9. The molecule has 2 aromatic rings. The molecular formula is C29H37Br2N3O6. The van der Waals surface area contributed by atoms with Gasteiger partial charge >= 0.3 is 6.09 Å². The number of nitrogens with one attached hydrogen (secondary N) is 3. The van der Waals surface area contributed by atoms with E-state index in [9.17, 15) is 24.3 Å². The third-order valence-electron chi connectivity index (χ3n) is 6.17. The lowest BCUT2D eigenvalue weighted by Gasteiger charge is -2.26. The van der Waals surface area contributed by atoms with Crippen LogP contribution in [0.4, 0.5) is 4.79 Å². The molecule has 0 bridgehead atoms. The molecule has 40 heavy (non-hydrogen) atoms. The highest BCUT2D eigenvalue weighted by Gasteiger charge is 2.28. The highest BCUT2D eigenvalue weighted by Crippen LogP contribution is 2.35. The van der Waals surface area contributed by atoms with Crippen molar-refractivity contribution in [3.8, 4) is 5.75 Å². The van der Waals surface area contributed by atoms with Gasteiger partial charge in [-0.05, 0) is 73.4 Å². The van der Waals surface area contributed by atoms with E-state index in [0.29, 0.717) is 27.2 Å². The van der Waals surface area contributed by atoms with Crippen molar-refractivity contribution < 1.29 is 29.0 Å². The number of aromatic hydroxyl groups is 1. The van der Waals surface area contributed by atoms with E-state index >= 15 is 0 Å². The molecule has 0 saturated carbocycles. The van der Waals surface area contributed by atoms with Gasteiger partial charge in [-0.1, -0.05) is 58.0 Å². The average Bonchev–Trinajstić information content (AvgIpc) is 2.89. The Labute approximate surface area is 252 Å². The third-order valence-corrected chi connectivity index (χ3v) is 7.38. The first-order valence-electron chi connectivity index (χ1n) is 13.1. The topological polar surface area (TPSA) is 134 Å². The molecule has 2 aromatic carbocycles. The number of alkyl carbamates (subject to hydrolysis) is 1. The van der Waals surface area contributed by atoms with Crippen LogP contribution in [-0.2, 0) is 25.7 Å². The Kier molecular flexibility index (Phi) is 13.6. The molecule has 0 fully saturated rings. The van der Waals surface area contributed by atoms with Gasteiger partial charge in [0.1, 0.15) is 24.7 Å². The summed E-state index contributed by atoms with van der Waals surface area (Å²) >= 11 is 6.55. The summed E-state index contributed by atoms with van der Waals surface area (Å²) in [5.74, 6) is -0.821. The molecule has 0 aliphatic heterocycles. The van der Waals surface area contributed by atoms with Crippen LogP contribution >= 0.6 is 31.9 Å². The van der Waals surface area contributed by atoms with Gasteiger partial charge in [-0.15, -0.1) is 0 Å². The van der Waals surface area contributed by atoms with Crippen LogP contribution in [0.2, 0.25) is 0 Å². The summed E-state index contributed by atoms with van der Waals surface area (Å²) in [7, 11) is 0. The van der Waals surface area contributed by atoms with Crippen molar-refractivity contribution in [2.75, 3.05) is 0 Å². The minimum Gasteiger partial charge on any atom is -0.506 e. The Hall–Kier alpha value is -2.92. The van der Waals surface area contributed by atoms with Gasteiger partial charge in [0.2, 0.25) is 11.8 Å². The zero-order chi connectivity index (χ0) is 29.8. The van der Waals surface area contributed by atoms with E-state index in [-0.39, 0.29) is 37.0 Å². The van der Waals surface area contributed by atoms with Crippen molar-refractivity contribution in [2.24, 2.45) is 11.8 Å². The number of halogens is 2. The summed E-state index contributed by atoms with van der Waals surface area (Å²) in [4.78, 5) is 50.2. The van der Waals surface area contributed by atoms with E-state index in [1.54, 1.807) is 12.1 Å². The van der Waals surface area contributed by atoms with E-state index in [4.69, 9.17) is 4.74 Å². The fraction of sp³-hybridized carbons (Fsp3) is 0.448. The smallest absolute Gasteiger partial charge is 0.407 e. The average molecular weight is 683 g/mol. The van der Waals surface area contributed by atoms with Crippen LogP contribution in [0.1, 0.15) is 64.1 Å². The normalized spacial score (nSPS) is 13.3. The van der Waals surface area contributed by atoms with Crippen LogP contribution in [-0.4, -0.2) is 41.4 Å². The second kappa shape index (κ2) is 16.4. The number of aldehydes is 1. The second-order valence-electron chi connectivity index (χ2n) is 10.3. The van der Waals surface area contributed by atoms with E-state index in [1.165, 1.54) is 0 Å². The van der Waals surface area contributed by atoms with Gasteiger partial charge in [0.05, 0.1) is 15.0 Å². The lowest BCUT2D eigenvalue weighted by molar-refractivity contribution is -0.130. The Morgan fingerprint density at radius 2 is 1.60 bits per heavy atom. The molecule has 11 heteroatoms. The summed E-state index contributed by atoms with van der Waals surface area (Å²) in [6.45, 7) is 7.74. The Balaban J connectivity index is 2.07. The molecule has 3 amide bonds. The lowest BCUT2D eigenvalue weighted by atomic mass is 9.98. The Morgan fingerprint density at radius 3 is 2.15 bits per heavy atom. The lowest BCUT2D eigenvalue weighted by Crippen LogP contribution is -2.50. The largest absolute Gasteiger partial charge is 0.506 e. The molecule has 0 radical (unpaired) electrons. The van der Waals surface area contributed by atoms with Gasteiger partial charge in [-0.25, -0.2) is 4.79 Å². The summed E-state index contributed by atoms with van der Waals surface area (Å²) in [5.41, 5.74) is 1.45. The van der Waals surface area contributed by atoms with Gasteiger partial charge in [-0.2, -0.15) is 0 Å². The molecule has 0 heterocycles. The number of amides is 3. The van der Waals surface area contributed by atoms with Gasteiger partial charge in [0.25, 0.3) is 0 Å². The Bertz CT molecular complexity index is 1140. The third kappa shape index (κ3) is 10.9. The molecule has 3 atom stereocenters. The maximum Gasteiger partial charge on any atom is 0.407 e. The summed E-state index contributed by atoms with van der Waals surface area (Å²) in [5, 5.41) is 18.4. The van der Waals surface area contributed by atoms with Crippen LogP contribution in [0, 0.1) is 11.8 Å². The molecule has 0 aliphatic carbocycles. The minimum atomic E-state index is -0.858. The van der Waals surface area contributed by atoms with Gasteiger partial charge < -0.3 is 30.6 Å². The molecule has 9 nitrogen and oxygen atoms in total. The van der Waals surface area contributed by atoms with Crippen molar-refractivity contribution in [2.45, 2.75) is 71.7 Å². The first kappa shape index (κ1) is 33.3. The predicted octanol–water partition coefficient (Wildman–Crippen LogP) is 5.54. The van der Waals surface area contributed by atoms with E-state index in [1.807, 2.05) is 58.0 Å². The maximum absolute atomic E-state index is 13.3. The fourth-order valence-electron chi connectivity index (χ4n) is 3.96. The van der Waals surface area contributed by atoms with Crippen LogP contribution in [0.15, 0.2) is 51.4 Å². The van der Waals surface area contributed by atoms with E-state index < -0.39 is 36.0 Å². The second-order valence-corrected chi connectivity index (χ2v) is 12.0. The first-order chi connectivity index (χ1) is 18.9. The highest BCUT2D eigenvalue weighted by molar-refractivity contribution is 9.11. The molecule has 0 saturated heterocycles. The summed E-state index contributed by atoms with van der Waals surface area (Å²) < 4.78 is 6.11. The molecule has 0 aromatic heterocycles. The molecular weight excluding hydrogens is 646 g/mol. The van der Waals surface area contributed by atoms with Crippen LogP contribution < -0.4 is 16.0 Å².